The van der Waals surface area contributed by atoms with Crippen molar-refractivity contribution in [2.75, 3.05) is 13.2 Å². The molecule has 2 aliphatic rings. The van der Waals surface area contributed by atoms with E-state index >= 15 is 0 Å². The van der Waals surface area contributed by atoms with E-state index in [-0.39, 0.29) is 50.3 Å². The zero-order valence-electron chi connectivity index (χ0n) is 27.4. The SMILES string of the molecule is CCOC(=O)C1Cc2c(nc[nH]c2=O)CN1C(=O)OC(C)(C)C.CCOC(=O)C1Cc2nc[nH]c(=O)c2CN1C(=O)OC(C)(C)C. The molecule has 2 aromatic rings. The van der Waals surface area contributed by atoms with Gasteiger partial charge in [-0.2, -0.15) is 0 Å². The number of nitrogens with one attached hydrogen (secondary N) is 2. The monoisotopic (exact) mass is 646 g/mol. The number of carbonyl (C=O) groups is 4. The number of aromatic amines is 2. The van der Waals surface area contributed by atoms with Crippen molar-refractivity contribution in [2.45, 2.75) is 105 Å². The molecule has 2 atom stereocenters. The molecule has 16 nitrogen and oxygen atoms in total. The van der Waals surface area contributed by atoms with Crippen LogP contribution in [0.3, 0.4) is 0 Å². The molecule has 0 aromatic carbocycles. The average molecular weight is 647 g/mol. The van der Waals surface area contributed by atoms with Crippen LogP contribution >= 0.6 is 0 Å². The van der Waals surface area contributed by atoms with E-state index in [0.717, 1.165) is 0 Å². The van der Waals surface area contributed by atoms with E-state index < -0.39 is 47.4 Å². The van der Waals surface area contributed by atoms with Gasteiger partial charge in [0.2, 0.25) is 0 Å². The van der Waals surface area contributed by atoms with Crippen molar-refractivity contribution in [3.05, 3.63) is 55.9 Å². The number of hydrogen-bond donors (Lipinski definition) is 2. The second-order valence-corrected chi connectivity index (χ2v) is 12.5. The van der Waals surface area contributed by atoms with Crippen molar-refractivity contribution < 1.29 is 38.1 Å². The minimum Gasteiger partial charge on any atom is -0.464 e. The van der Waals surface area contributed by atoms with Crippen LogP contribution in [0.1, 0.15) is 77.9 Å². The van der Waals surface area contributed by atoms with E-state index in [1.54, 1.807) is 55.4 Å². The highest BCUT2D eigenvalue weighted by molar-refractivity contribution is 5.83. The number of nitrogens with zero attached hydrogens (tertiary/aromatic N) is 4. The van der Waals surface area contributed by atoms with Crippen LogP contribution in [-0.2, 0) is 54.5 Å². The molecule has 0 saturated heterocycles. The number of esters is 2. The fourth-order valence-electron chi connectivity index (χ4n) is 4.69. The largest absolute Gasteiger partial charge is 0.464 e. The normalized spacial score (nSPS) is 17.4. The first-order valence-corrected chi connectivity index (χ1v) is 14.9. The molecule has 0 saturated carbocycles. The molecule has 0 spiro atoms. The van der Waals surface area contributed by atoms with Crippen molar-refractivity contribution in [1.82, 2.24) is 29.7 Å². The summed E-state index contributed by atoms with van der Waals surface area (Å²) in [4.78, 5) is 88.7. The van der Waals surface area contributed by atoms with Crippen molar-refractivity contribution >= 4 is 24.1 Å². The molecule has 0 bridgehead atoms. The molecule has 252 valence electrons. The lowest BCUT2D eigenvalue weighted by atomic mass is 9.99. The Labute approximate surface area is 265 Å². The number of carbonyl (C=O) groups excluding carboxylic acids is 4. The Morgan fingerprint density at radius 1 is 0.717 bits per heavy atom. The molecule has 0 radical (unpaired) electrons. The summed E-state index contributed by atoms with van der Waals surface area (Å²) in [6.45, 7) is 14.2. The first-order chi connectivity index (χ1) is 21.5. The van der Waals surface area contributed by atoms with E-state index in [1.165, 1.54) is 22.5 Å². The van der Waals surface area contributed by atoms with Gasteiger partial charge in [0.1, 0.15) is 23.3 Å². The Balaban J connectivity index is 0.000000250. The quantitative estimate of drug-likeness (QED) is 0.362. The molecule has 16 heteroatoms. The summed E-state index contributed by atoms with van der Waals surface area (Å²) in [5.41, 5.74) is -0.342. The molecule has 2 amide bonds. The Kier molecular flexibility index (Phi) is 11.3. The van der Waals surface area contributed by atoms with E-state index in [0.29, 0.717) is 22.5 Å². The van der Waals surface area contributed by atoms with Crippen molar-refractivity contribution in [2.24, 2.45) is 0 Å². The first-order valence-electron chi connectivity index (χ1n) is 14.9. The molecule has 4 rings (SSSR count). The van der Waals surface area contributed by atoms with Crippen LogP contribution in [0.15, 0.2) is 22.2 Å². The zero-order chi connectivity index (χ0) is 34.4. The minimum absolute atomic E-state index is 0.0254. The Hall–Kier alpha value is -4.76. The van der Waals surface area contributed by atoms with Crippen LogP contribution in [0.25, 0.3) is 0 Å². The molecule has 0 aliphatic carbocycles. The van der Waals surface area contributed by atoms with Crippen molar-refractivity contribution in [3.8, 4) is 0 Å². The first kappa shape index (κ1) is 35.7. The highest BCUT2D eigenvalue weighted by atomic mass is 16.6. The highest BCUT2D eigenvalue weighted by Gasteiger charge is 2.40. The van der Waals surface area contributed by atoms with Crippen molar-refractivity contribution in [1.29, 1.82) is 0 Å². The lowest BCUT2D eigenvalue weighted by molar-refractivity contribution is -0.150. The summed E-state index contributed by atoms with van der Waals surface area (Å²) < 4.78 is 20.7. The summed E-state index contributed by atoms with van der Waals surface area (Å²) in [7, 11) is 0. The third-order valence-electron chi connectivity index (χ3n) is 6.64. The molecule has 46 heavy (non-hydrogen) atoms. The number of ether oxygens (including phenoxy) is 4. The molecule has 2 N–H and O–H groups in total. The number of amides is 2. The van der Waals surface area contributed by atoms with Gasteiger partial charge in [-0.25, -0.2) is 29.1 Å². The van der Waals surface area contributed by atoms with Crippen LogP contribution < -0.4 is 11.1 Å². The molecule has 4 heterocycles. The average Bonchev–Trinajstić information content (AvgIpc) is 2.95. The van der Waals surface area contributed by atoms with Gasteiger partial charge in [-0.15, -0.1) is 0 Å². The minimum atomic E-state index is -0.900. The van der Waals surface area contributed by atoms with Gasteiger partial charge in [0.05, 0.1) is 55.9 Å². The van der Waals surface area contributed by atoms with E-state index in [1.807, 2.05) is 0 Å². The number of rotatable bonds is 4. The topological polar surface area (TPSA) is 203 Å². The van der Waals surface area contributed by atoms with Gasteiger partial charge in [-0.05, 0) is 55.4 Å². The Morgan fingerprint density at radius 2 is 1.15 bits per heavy atom. The van der Waals surface area contributed by atoms with Gasteiger partial charge in [0.25, 0.3) is 11.1 Å². The van der Waals surface area contributed by atoms with Crippen LogP contribution in [0.4, 0.5) is 9.59 Å². The second kappa shape index (κ2) is 14.6. The molecule has 0 fully saturated rings. The maximum Gasteiger partial charge on any atom is 0.411 e. The van der Waals surface area contributed by atoms with Gasteiger partial charge in [-0.3, -0.25) is 19.4 Å². The summed E-state index contributed by atoms with van der Waals surface area (Å²) in [5.74, 6) is -1.10. The van der Waals surface area contributed by atoms with Gasteiger partial charge in [-0.1, -0.05) is 0 Å². The third-order valence-corrected chi connectivity index (χ3v) is 6.64. The zero-order valence-corrected chi connectivity index (χ0v) is 27.4. The van der Waals surface area contributed by atoms with E-state index in [4.69, 9.17) is 18.9 Å². The van der Waals surface area contributed by atoms with Gasteiger partial charge in [0, 0.05) is 18.4 Å². The molecule has 2 aromatic heterocycles. The summed E-state index contributed by atoms with van der Waals surface area (Å²) >= 11 is 0. The number of hydrogen-bond acceptors (Lipinski definition) is 12. The number of aromatic nitrogens is 4. The van der Waals surface area contributed by atoms with Gasteiger partial charge >= 0.3 is 24.1 Å². The standard InChI is InChI=1S/2C15H21N3O5/c1-5-22-13(20)11-6-10-9(12(19)17-8-16-10)7-18(11)14(21)23-15(2,3)4;1-5-22-13(20)11-6-9-10(16-8-17-12(9)19)7-18(11)14(21)23-15(2,3)4/h2*8,11H,5-7H2,1-4H3,(H,16,17,19). The fraction of sp³-hybridized carbons (Fsp3) is 0.600. The molecule has 2 aliphatic heterocycles. The summed E-state index contributed by atoms with van der Waals surface area (Å²) in [5, 5.41) is 0. The van der Waals surface area contributed by atoms with Crippen LogP contribution in [0.2, 0.25) is 0 Å². The smallest absolute Gasteiger partial charge is 0.411 e. The lowest BCUT2D eigenvalue weighted by Gasteiger charge is -2.35. The summed E-state index contributed by atoms with van der Waals surface area (Å²) in [6, 6.07) is -1.76. The Morgan fingerprint density at radius 3 is 1.63 bits per heavy atom. The predicted octanol–water partition coefficient (Wildman–Crippen LogP) is 1.99. The van der Waals surface area contributed by atoms with Crippen LogP contribution in [0, 0.1) is 0 Å². The van der Waals surface area contributed by atoms with E-state index in [2.05, 4.69) is 19.9 Å². The van der Waals surface area contributed by atoms with Crippen LogP contribution in [0.5, 0.6) is 0 Å². The third kappa shape index (κ3) is 9.14. The summed E-state index contributed by atoms with van der Waals surface area (Å²) in [6.07, 6.45) is 1.44. The predicted molar refractivity (Wildman–Crippen MR) is 162 cm³/mol. The maximum absolute atomic E-state index is 12.4. The molecule has 2 unspecified atom stereocenters. The second-order valence-electron chi connectivity index (χ2n) is 12.5. The fourth-order valence-corrected chi connectivity index (χ4v) is 4.69. The van der Waals surface area contributed by atoms with Crippen LogP contribution in [-0.4, -0.2) is 90.4 Å². The Bertz CT molecular complexity index is 1550. The lowest BCUT2D eigenvalue weighted by Crippen LogP contribution is -2.52. The van der Waals surface area contributed by atoms with Gasteiger partial charge in [0.15, 0.2) is 0 Å². The highest BCUT2D eigenvalue weighted by Crippen LogP contribution is 2.24. The number of fused-ring (bicyclic) bond motifs is 2. The van der Waals surface area contributed by atoms with E-state index in [9.17, 15) is 28.8 Å². The molecular weight excluding hydrogens is 604 g/mol. The number of H-pyrrole nitrogens is 2. The van der Waals surface area contributed by atoms with Crippen molar-refractivity contribution in [3.63, 3.8) is 0 Å². The van der Waals surface area contributed by atoms with Gasteiger partial charge < -0.3 is 28.9 Å². The maximum atomic E-state index is 12.4. The molecular formula is C30H42N6O10.